The van der Waals surface area contributed by atoms with Crippen molar-refractivity contribution in [2.45, 2.75) is 6.10 Å². The fourth-order valence-corrected chi connectivity index (χ4v) is 4.40. The second-order valence-corrected chi connectivity index (χ2v) is 7.34. The number of hydrogen-bond acceptors (Lipinski definition) is 6. The molecule has 1 unspecified atom stereocenters. The summed E-state index contributed by atoms with van der Waals surface area (Å²) in [6.45, 7) is 1.18. The lowest BCUT2D eigenvalue weighted by molar-refractivity contribution is -0.0222. The zero-order valence-electron chi connectivity index (χ0n) is 14.4. The maximum absolute atomic E-state index is 12.8. The van der Waals surface area contributed by atoms with Crippen molar-refractivity contribution in [3.8, 4) is 0 Å². The van der Waals surface area contributed by atoms with Crippen molar-refractivity contribution >= 4 is 39.1 Å². The molecule has 0 radical (unpaired) electrons. The molecule has 3 aromatic rings. The number of thiophene rings is 1. The van der Waals surface area contributed by atoms with Crippen LogP contribution >= 0.6 is 11.3 Å². The SMILES string of the molecule is NC(=O)c1sc2ccccc2c1C1CN(C(=O)c2ccc(N)nc2)CCO1. The molecule has 8 heteroatoms. The highest BCUT2D eigenvalue weighted by Crippen LogP contribution is 2.38. The Hall–Kier alpha value is -2.97. The van der Waals surface area contributed by atoms with Gasteiger partial charge in [0.15, 0.2) is 0 Å². The highest BCUT2D eigenvalue weighted by atomic mass is 32.1. The Labute approximate surface area is 159 Å². The standard InChI is InChI=1S/C19H18N4O3S/c20-15-6-5-11(9-22-15)19(25)23-7-8-26-13(10-23)16-12-3-1-2-4-14(12)27-17(16)18(21)24/h1-6,9,13H,7-8,10H2,(H2,20,22)(H2,21,24). The average molecular weight is 382 g/mol. The zero-order valence-corrected chi connectivity index (χ0v) is 15.2. The number of nitrogens with zero attached hydrogens (tertiary/aromatic N) is 2. The van der Waals surface area contributed by atoms with Gasteiger partial charge in [-0.2, -0.15) is 0 Å². The van der Waals surface area contributed by atoms with Crippen molar-refractivity contribution in [1.29, 1.82) is 0 Å². The van der Waals surface area contributed by atoms with Gasteiger partial charge in [0.05, 0.1) is 23.6 Å². The third-order valence-electron chi connectivity index (χ3n) is 4.57. The fourth-order valence-electron chi connectivity index (χ4n) is 3.29. The van der Waals surface area contributed by atoms with Gasteiger partial charge in [-0.1, -0.05) is 18.2 Å². The van der Waals surface area contributed by atoms with Gasteiger partial charge in [0, 0.05) is 23.0 Å². The Balaban J connectivity index is 1.66. The van der Waals surface area contributed by atoms with Gasteiger partial charge in [-0.3, -0.25) is 9.59 Å². The molecule has 1 aromatic carbocycles. The Morgan fingerprint density at radius 1 is 1.22 bits per heavy atom. The van der Waals surface area contributed by atoms with Gasteiger partial charge >= 0.3 is 0 Å². The predicted octanol–water partition coefficient (Wildman–Crippen LogP) is 2.19. The summed E-state index contributed by atoms with van der Waals surface area (Å²) in [5.41, 5.74) is 12.4. The summed E-state index contributed by atoms with van der Waals surface area (Å²) in [4.78, 5) is 31.0. The monoisotopic (exact) mass is 382 g/mol. The minimum absolute atomic E-state index is 0.143. The first-order valence-corrected chi connectivity index (χ1v) is 9.30. The number of rotatable bonds is 3. The minimum atomic E-state index is -0.485. The van der Waals surface area contributed by atoms with Gasteiger partial charge in [-0.25, -0.2) is 4.98 Å². The molecule has 1 aliphatic rings. The molecule has 7 nitrogen and oxygen atoms in total. The van der Waals surface area contributed by atoms with E-state index in [1.54, 1.807) is 17.0 Å². The Kier molecular flexibility index (Phi) is 4.51. The number of nitrogens with two attached hydrogens (primary N) is 2. The van der Waals surface area contributed by atoms with Crippen LogP contribution in [0.2, 0.25) is 0 Å². The quantitative estimate of drug-likeness (QED) is 0.721. The lowest BCUT2D eigenvalue weighted by atomic mass is 10.0. The summed E-state index contributed by atoms with van der Waals surface area (Å²) in [7, 11) is 0. The molecule has 138 valence electrons. The third-order valence-corrected chi connectivity index (χ3v) is 5.77. The lowest BCUT2D eigenvalue weighted by Crippen LogP contribution is -2.42. The number of nitrogen functional groups attached to an aromatic ring is 1. The number of aromatic nitrogens is 1. The largest absolute Gasteiger partial charge is 0.384 e. The molecule has 1 fully saturated rings. The third kappa shape index (κ3) is 3.24. The van der Waals surface area contributed by atoms with E-state index in [1.807, 2.05) is 24.3 Å². The number of amides is 2. The van der Waals surface area contributed by atoms with Crippen molar-refractivity contribution in [2.75, 3.05) is 25.4 Å². The van der Waals surface area contributed by atoms with Gasteiger partial charge in [0.1, 0.15) is 11.9 Å². The first-order chi connectivity index (χ1) is 13.0. The van der Waals surface area contributed by atoms with Gasteiger partial charge in [-0.15, -0.1) is 11.3 Å². The smallest absolute Gasteiger partial charge is 0.259 e. The summed E-state index contributed by atoms with van der Waals surface area (Å²) in [6, 6.07) is 11.0. The van der Waals surface area contributed by atoms with Gasteiger partial charge in [0.2, 0.25) is 0 Å². The number of primary amides is 1. The molecule has 1 atom stereocenters. The van der Waals surface area contributed by atoms with Crippen molar-refractivity contribution in [1.82, 2.24) is 9.88 Å². The van der Waals surface area contributed by atoms with Crippen LogP contribution in [0.4, 0.5) is 5.82 Å². The second kappa shape index (κ2) is 6.98. The molecule has 2 amide bonds. The van der Waals surface area contributed by atoms with Crippen LogP contribution in [0.3, 0.4) is 0 Å². The minimum Gasteiger partial charge on any atom is -0.384 e. The molecule has 27 heavy (non-hydrogen) atoms. The first-order valence-electron chi connectivity index (χ1n) is 8.48. The summed E-state index contributed by atoms with van der Waals surface area (Å²) >= 11 is 1.35. The predicted molar refractivity (Wildman–Crippen MR) is 104 cm³/mol. The van der Waals surface area contributed by atoms with E-state index in [4.69, 9.17) is 16.2 Å². The molecule has 2 aromatic heterocycles. The first kappa shape index (κ1) is 17.4. The highest BCUT2D eigenvalue weighted by Gasteiger charge is 2.31. The molecular formula is C19H18N4O3S. The fraction of sp³-hybridized carbons (Fsp3) is 0.211. The van der Waals surface area contributed by atoms with Crippen molar-refractivity contribution < 1.29 is 14.3 Å². The summed E-state index contributed by atoms with van der Waals surface area (Å²) in [5, 5.41) is 0.935. The summed E-state index contributed by atoms with van der Waals surface area (Å²) in [6.07, 6.45) is 1.06. The number of carbonyl (C=O) groups is 2. The van der Waals surface area contributed by atoms with Gasteiger partial charge in [-0.05, 0) is 23.6 Å². The van der Waals surface area contributed by atoms with Crippen LogP contribution in [-0.2, 0) is 4.74 Å². The molecule has 4 rings (SSSR count). The van der Waals surface area contributed by atoms with Crippen LogP contribution in [0.15, 0.2) is 42.6 Å². The number of anilines is 1. The second-order valence-electron chi connectivity index (χ2n) is 6.29. The molecule has 0 spiro atoms. The van der Waals surface area contributed by atoms with Gasteiger partial charge in [0.25, 0.3) is 11.8 Å². The molecular weight excluding hydrogens is 364 g/mol. The van der Waals surface area contributed by atoms with Crippen LogP contribution < -0.4 is 11.5 Å². The summed E-state index contributed by atoms with van der Waals surface area (Å²) < 4.78 is 6.89. The van der Waals surface area contributed by atoms with Crippen LogP contribution in [0.25, 0.3) is 10.1 Å². The molecule has 0 aliphatic carbocycles. The number of carbonyl (C=O) groups excluding carboxylic acids is 2. The van der Waals surface area contributed by atoms with E-state index in [-0.39, 0.29) is 5.91 Å². The maximum atomic E-state index is 12.8. The Morgan fingerprint density at radius 3 is 2.78 bits per heavy atom. The molecule has 1 aliphatic heterocycles. The number of morpholine rings is 1. The zero-order chi connectivity index (χ0) is 19.0. The van der Waals surface area contributed by atoms with E-state index in [0.717, 1.165) is 15.6 Å². The number of pyridine rings is 1. The van der Waals surface area contributed by atoms with Crippen LogP contribution in [-0.4, -0.2) is 41.4 Å². The Bertz CT molecular complexity index is 1020. The lowest BCUT2D eigenvalue weighted by Gasteiger charge is -2.33. The number of hydrogen-bond donors (Lipinski definition) is 2. The van der Waals surface area contributed by atoms with Crippen molar-refractivity contribution in [3.05, 3.63) is 58.6 Å². The van der Waals surface area contributed by atoms with Gasteiger partial charge < -0.3 is 21.1 Å². The average Bonchev–Trinajstić information content (AvgIpc) is 3.08. The van der Waals surface area contributed by atoms with E-state index >= 15 is 0 Å². The number of ether oxygens (including phenoxy) is 1. The number of fused-ring (bicyclic) bond motifs is 1. The molecule has 0 bridgehead atoms. The van der Waals surface area contributed by atoms with E-state index in [1.165, 1.54) is 17.5 Å². The van der Waals surface area contributed by atoms with E-state index < -0.39 is 12.0 Å². The molecule has 0 saturated carbocycles. The van der Waals surface area contributed by atoms with Crippen molar-refractivity contribution in [2.24, 2.45) is 5.73 Å². The summed E-state index contributed by atoms with van der Waals surface area (Å²) in [5.74, 6) is -0.265. The topological polar surface area (TPSA) is 112 Å². The van der Waals surface area contributed by atoms with Crippen molar-refractivity contribution in [3.63, 3.8) is 0 Å². The highest BCUT2D eigenvalue weighted by molar-refractivity contribution is 7.21. The van der Waals surface area contributed by atoms with Crippen LogP contribution in [0.1, 0.15) is 31.7 Å². The maximum Gasteiger partial charge on any atom is 0.259 e. The van der Waals surface area contributed by atoms with E-state index in [0.29, 0.717) is 36.0 Å². The molecule has 1 saturated heterocycles. The molecule has 4 N–H and O–H groups in total. The normalized spacial score (nSPS) is 17.2. The van der Waals surface area contributed by atoms with E-state index in [2.05, 4.69) is 4.98 Å². The van der Waals surface area contributed by atoms with Crippen LogP contribution in [0.5, 0.6) is 0 Å². The Morgan fingerprint density at radius 2 is 2.04 bits per heavy atom. The van der Waals surface area contributed by atoms with E-state index in [9.17, 15) is 9.59 Å². The molecule has 3 heterocycles. The van der Waals surface area contributed by atoms with Crippen LogP contribution in [0, 0.1) is 0 Å². The number of benzene rings is 1.